The summed E-state index contributed by atoms with van der Waals surface area (Å²) in [5.41, 5.74) is 1.59. The quantitative estimate of drug-likeness (QED) is 0.349. The van der Waals surface area contributed by atoms with E-state index in [-0.39, 0.29) is 47.9 Å². The number of ether oxygens (including phenoxy) is 2. The molecule has 0 atom stereocenters. The van der Waals surface area contributed by atoms with Crippen molar-refractivity contribution in [2.75, 3.05) is 23.5 Å². The average Bonchev–Trinajstić information content (AvgIpc) is 2.81. The van der Waals surface area contributed by atoms with Gasteiger partial charge in [-0.25, -0.2) is 18.4 Å². The SMILES string of the molecule is CC(C)(c1cc(Cl)c(OCCCl)c(C#N)c1)c1ccc(O)c(OCc2ccnc(NS(C)(=O)=O)n2)c1. The molecule has 0 radical (unpaired) electrons. The van der Waals surface area contributed by atoms with E-state index in [2.05, 4.69) is 20.8 Å². The Kier molecular flexibility index (Phi) is 8.51. The van der Waals surface area contributed by atoms with E-state index in [1.807, 2.05) is 13.8 Å². The van der Waals surface area contributed by atoms with Crippen LogP contribution in [0.5, 0.6) is 17.2 Å². The number of phenols is 1. The van der Waals surface area contributed by atoms with Gasteiger partial charge in [-0.3, -0.25) is 4.72 Å². The normalized spacial score (nSPS) is 11.6. The number of hydrogen-bond acceptors (Lipinski definition) is 8. The Balaban J connectivity index is 1.88. The van der Waals surface area contributed by atoms with Gasteiger partial charge in [0.25, 0.3) is 0 Å². The zero-order valence-electron chi connectivity index (χ0n) is 19.7. The summed E-state index contributed by atoms with van der Waals surface area (Å²) in [5, 5.41) is 20.3. The van der Waals surface area contributed by atoms with E-state index in [4.69, 9.17) is 32.7 Å². The molecule has 3 aromatic rings. The number of nitriles is 1. The maximum absolute atomic E-state index is 11.4. The van der Waals surface area contributed by atoms with Crippen molar-refractivity contribution in [1.29, 1.82) is 5.26 Å². The monoisotopic (exact) mass is 550 g/mol. The standard InChI is InChI=1S/C24H24Cl2N4O5S/c1-24(2,17-10-15(13-27)22(19(26)11-17)34-9-7-25)16-4-5-20(31)21(12-16)35-14-18-6-8-28-23(29-18)30-36(3,32)33/h4-6,8,10-12,31H,7,9,14H2,1-3H3,(H,28,29,30). The molecule has 0 aliphatic carbocycles. The van der Waals surface area contributed by atoms with E-state index in [1.165, 1.54) is 12.3 Å². The molecule has 0 saturated heterocycles. The lowest BCUT2D eigenvalue weighted by atomic mass is 9.77. The number of nitrogens with one attached hydrogen (secondary N) is 1. The first kappa shape index (κ1) is 27.3. The largest absolute Gasteiger partial charge is 0.504 e. The zero-order chi connectivity index (χ0) is 26.5. The molecular formula is C24H24Cl2N4O5S. The number of anilines is 1. The molecule has 0 amide bonds. The van der Waals surface area contributed by atoms with Crippen molar-refractivity contribution >= 4 is 39.2 Å². The van der Waals surface area contributed by atoms with Gasteiger partial charge in [0.05, 0.1) is 28.4 Å². The molecule has 0 aliphatic rings. The smallest absolute Gasteiger partial charge is 0.236 e. The number of benzene rings is 2. The van der Waals surface area contributed by atoms with Crippen LogP contribution in [0.1, 0.15) is 36.2 Å². The van der Waals surface area contributed by atoms with Crippen LogP contribution >= 0.6 is 23.2 Å². The van der Waals surface area contributed by atoms with Gasteiger partial charge < -0.3 is 14.6 Å². The second-order valence-electron chi connectivity index (χ2n) is 8.33. The number of phenolic OH excluding ortho intramolecular Hbond substituents is 1. The molecule has 0 unspecified atom stereocenters. The second-order valence-corrected chi connectivity index (χ2v) is 10.9. The fourth-order valence-electron chi connectivity index (χ4n) is 3.35. The summed E-state index contributed by atoms with van der Waals surface area (Å²) in [5.74, 6) is 0.573. The second kappa shape index (κ2) is 11.2. The van der Waals surface area contributed by atoms with Crippen LogP contribution < -0.4 is 14.2 Å². The number of alkyl halides is 1. The molecule has 36 heavy (non-hydrogen) atoms. The number of hydrogen-bond donors (Lipinski definition) is 2. The number of rotatable bonds is 10. The van der Waals surface area contributed by atoms with Crippen molar-refractivity contribution in [1.82, 2.24) is 9.97 Å². The lowest BCUT2D eigenvalue weighted by Gasteiger charge is -2.28. The van der Waals surface area contributed by atoms with Gasteiger partial charge in [0.1, 0.15) is 19.3 Å². The minimum atomic E-state index is -3.53. The van der Waals surface area contributed by atoms with Gasteiger partial charge in [0, 0.05) is 11.6 Å². The van der Waals surface area contributed by atoms with Crippen LogP contribution in [0.15, 0.2) is 42.6 Å². The van der Waals surface area contributed by atoms with Gasteiger partial charge in [-0.1, -0.05) is 31.5 Å². The van der Waals surface area contributed by atoms with Crippen molar-refractivity contribution in [3.8, 4) is 23.3 Å². The maximum atomic E-state index is 11.4. The van der Waals surface area contributed by atoms with Crippen LogP contribution in [0.25, 0.3) is 0 Å². The van der Waals surface area contributed by atoms with Gasteiger partial charge in [-0.15, -0.1) is 11.6 Å². The maximum Gasteiger partial charge on any atom is 0.236 e. The van der Waals surface area contributed by atoms with Crippen molar-refractivity contribution in [3.63, 3.8) is 0 Å². The molecule has 9 nitrogen and oxygen atoms in total. The third-order valence-electron chi connectivity index (χ3n) is 5.26. The molecule has 12 heteroatoms. The fourth-order valence-corrected chi connectivity index (χ4v) is 4.13. The highest BCUT2D eigenvalue weighted by atomic mass is 35.5. The van der Waals surface area contributed by atoms with E-state index in [0.717, 1.165) is 17.4 Å². The van der Waals surface area contributed by atoms with Gasteiger partial charge in [-0.05, 0) is 41.5 Å². The van der Waals surface area contributed by atoms with E-state index in [0.29, 0.717) is 10.7 Å². The Morgan fingerprint density at radius 3 is 2.58 bits per heavy atom. The number of nitrogens with zero attached hydrogens (tertiary/aromatic N) is 3. The van der Waals surface area contributed by atoms with Crippen LogP contribution in [0, 0.1) is 11.3 Å². The summed E-state index contributed by atoms with van der Waals surface area (Å²) in [6.07, 6.45) is 2.40. The van der Waals surface area contributed by atoms with Crippen molar-refractivity contribution in [2.24, 2.45) is 0 Å². The molecule has 2 N–H and O–H groups in total. The Morgan fingerprint density at radius 1 is 1.17 bits per heavy atom. The van der Waals surface area contributed by atoms with Crippen molar-refractivity contribution in [2.45, 2.75) is 25.9 Å². The van der Waals surface area contributed by atoms with Gasteiger partial charge in [0.2, 0.25) is 16.0 Å². The molecular weight excluding hydrogens is 527 g/mol. The van der Waals surface area contributed by atoms with Crippen LogP contribution in [0.2, 0.25) is 5.02 Å². The fraction of sp³-hybridized carbons (Fsp3) is 0.292. The topological polar surface area (TPSA) is 134 Å². The summed E-state index contributed by atoms with van der Waals surface area (Å²) < 4.78 is 36.4. The van der Waals surface area contributed by atoms with E-state index < -0.39 is 15.4 Å². The molecule has 1 aromatic heterocycles. The first-order valence-corrected chi connectivity index (χ1v) is 13.4. The average molecular weight is 551 g/mol. The molecule has 3 rings (SSSR count). The number of aromatic nitrogens is 2. The Hall–Kier alpha value is -3.26. The van der Waals surface area contributed by atoms with E-state index in [1.54, 1.807) is 30.3 Å². The van der Waals surface area contributed by atoms with E-state index in [9.17, 15) is 18.8 Å². The predicted molar refractivity (Wildman–Crippen MR) is 137 cm³/mol. The summed E-state index contributed by atoms with van der Waals surface area (Å²) in [7, 11) is -3.53. The molecule has 0 aliphatic heterocycles. The Morgan fingerprint density at radius 2 is 1.92 bits per heavy atom. The van der Waals surface area contributed by atoms with Gasteiger partial charge in [-0.2, -0.15) is 5.26 Å². The first-order chi connectivity index (χ1) is 16.9. The Bertz CT molecular complexity index is 1410. The molecule has 0 spiro atoms. The summed E-state index contributed by atoms with van der Waals surface area (Å²) in [6.45, 7) is 4.07. The first-order valence-electron chi connectivity index (χ1n) is 10.6. The van der Waals surface area contributed by atoms with Crippen molar-refractivity contribution < 1.29 is 23.0 Å². The third-order valence-corrected chi connectivity index (χ3v) is 6.24. The molecule has 0 bridgehead atoms. The summed E-state index contributed by atoms with van der Waals surface area (Å²) in [4.78, 5) is 7.97. The molecule has 0 fully saturated rings. The zero-order valence-corrected chi connectivity index (χ0v) is 22.1. The highest BCUT2D eigenvalue weighted by Gasteiger charge is 2.27. The lowest BCUT2D eigenvalue weighted by Crippen LogP contribution is -2.19. The van der Waals surface area contributed by atoms with Crippen LogP contribution in [-0.2, 0) is 22.0 Å². The highest BCUT2D eigenvalue weighted by Crippen LogP contribution is 2.40. The minimum absolute atomic E-state index is 0.0462. The molecule has 2 aromatic carbocycles. The van der Waals surface area contributed by atoms with Gasteiger partial charge in [0.15, 0.2) is 17.2 Å². The Labute approximate surface area is 219 Å². The third kappa shape index (κ3) is 6.69. The minimum Gasteiger partial charge on any atom is -0.504 e. The van der Waals surface area contributed by atoms with Crippen molar-refractivity contribution in [3.05, 3.63) is 70.0 Å². The summed E-state index contributed by atoms with van der Waals surface area (Å²) >= 11 is 12.1. The van der Waals surface area contributed by atoms with E-state index >= 15 is 0 Å². The van der Waals surface area contributed by atoms with Gasteiger partial charge >= 0.3 is 0 Å². The van der Waals surface area contributed by atoms with Crippen LogP contribution in [0.3, 0.4) is 0 Å². The highest BCUT2D eigenvalue weighted by molar-refractivity contribution is 7.91. The predicted octanol–water partition coefficient (Wildman–Crippen LogP) is 4.60. The molecule has 190 valence electrons. The number of sulfonamides is 1. The van der Waals surface area contributed by atoms with Crippen LogP contribution in [-0.4, -0.2) is 42.2 Å². The van der Waals surface area contributed by atoms with Crippen LogP contribution in [0.4, 0.5) is 5.95 Å². The summed E-state index contributed by atoms with van der Waals surface area (Å²) in [6, 6.07) is 12.1. The lowest BCUT2D eigenvalue weighted by molar-refractivity contribution is 0.284. The number of halogens is 2. The number of aromatic hydroxyl groups is 1. The molecule has 0 saturated carbocycles. The molecule has 1 heterocycles.